The first-order valence-electron chi connectivity index (χ1n) is 4.37. The second-order valence-electron chi connectivity index (χ2n) is 3.78. The first kappa shape index (κ1) is 14.1. The molecule has 0 radical (unpaired) electrons. The molecular weight excluding hydrogens is 222 g/mol. The van der Waals surface area contributed by atoms with Crippen LogP contribution in [0.2, 0.25) is 0 Å². The minimum atomic E-state index is -4.00. The standard InChI is InChI=1S/C7H17N3O4S/c1-5-9-15(12,13)10(8)6(11)14-7(2,3)4/h9H,5,8H2,1-4H3. The fourth-order valence-corrected chi connectivity index (χ4v) is 1.39. The Labute approximate surface area is 89.7 Å². The number of hydrogen-bond acceptors (Lipinski definition) is 5. The van der Waals surface area contributed by atoms with Crippen LogP contribution < -0.4 is 10.6 Å². The Morgan fingerprint density at radius 3 is 2.27 bits per heavy atom. The number of ether oxygens (including phenoxy) is 1. The normalized spacial score (nSPS) is 12.3. The van der Waals surface area contributed by atoms with Gasteiger partial charge in [0.25, 0.3) is 0 Å². The van der Waals surface area contributed by atoms with E-state index in [9.17, 15) is 13.2 Å². The Balaban J connectivity index is 4.59. The maximum Gasteiger partial charge on any atom is 0.440 e. The first-order valence-corrected chi connectivity index (χ1v) is 5.81. The van der Waals surface area contributed by atoms with Gasteiger partial charge in [0.05, 0.1) is 0 Å². The second kappa shape index (κ2) is 4.77. The molecule has 15 heavy (non-hydrogen) atoms. The van der Waals surface area contributed by atoms with Crippen molar-refractivity contribution < 1.29 is 17.9 Å². The molecule has 0 unspecified atom stereocenters. The first-order chi connectivity index (χ1) is 6.60. The number of hydrogen-bond donors (Lipinski definition) is 2. The molecule has 0 aliphatic carbocycles. The molecule has 0 aromatic rings. The fourth-order valence-electron chi connectivity index (χ4n) is 0.657. The minimum absolute atomic E-state index is 0.0434. The molecule has 0 saturated heterocycles. The van der Waals surface area contributed by atoms with Crippen LogP contribution in [0.4, 0.5) is 4.79 Å². The molecule has 90 valence electrons. The summed E-state index contributed by atoms with van der Waals surface area (Å²) >= 11 is 0. The van der Waals surface area contributed by atoms with E-state index in [4.69, 9.17) is 10.6 Å². The summed E-state index contributed by atoms with van der Waals surface area (Å²) in [6.07, 6.45) is -1.12. The van der Waals surface area contributed by atoms with Crippen molar-refractivity contribution in [3.63, 3.8) is 0 Å². The molecule has 0 bridgehead atoms. The summed E-state index contributed by atoms with van der Waals surface area (Å²) in [5, 5.41) is 0. The summed E-state index contributed by atoms with van der Waals surface area (Å²) < 4.78 is 29.4. The summed E-state index contributed by atoms with van der Waals surface area (Å²) in [6, 6.07) is 0. The van der Waals surface area contributed by atoms with Gasteiger partial charge in [-0.2, -0.15) is 13.1 Å². The van der Waals surface area contributed by atoms with Crippen LogP contribution >= 0.6 is 0 Å². The predicted octanol–water partition coefficient (Wildman–Crippen LogP) is -0.0485. The maximum absolute atomic E-state index is 11.2. The summed E-state index contributed by atoms with van der Waals surface area (Å²) in [6.45, 7) is 6.54. The topological polar surface area (TPSA) is 102 Å². The van der Waals surface area contributed by atoms with Gasteiger partial charge >= 0.3 is 16.3 Å². The van der Waals surface area contributed by atoms with Crippen molar-refractivity contribution in [3.05, 3.63) is 0 Å². The average molecular weight is 239 g/mol. The fraction of sp³-hybridized carbons (Fsp3) is 0.857. The molecule has 7 nitrogen and oxygen atoms in total. The third-order valence-corrected chi connectivity index (χ3v) is 2.48. The molecule has 0 aromatic carbocycles. The largest absolute Gasteiger partial charge is 0.442 e. The lowest BCUT2D eigenvalue weighted by atomic mass is 10.2. The number of amides is 1. The molecule has 0 aromatic heterocycles. The number of hydrazine groups is 1. The Morgan fingerprint density at radius 1 is 1.47 bits per heavy atom. The molecule has 0 aliphatic heterocycles. The van der Waals surface area contributed by atoms with E-state index in [0.29, 0.717) is 0 Å². The molecule has 0 saturated carbocycles. The lowest BCUT2D eigenvalue weighted by molar-refractivity contribution is 0.0388. The third-order valence-electron chi connectivity index (χ3n) is 1.16. The molecule has 0 fully saturated rings. The number of nitrogens with zero attached hydrogens (tertiary/aromatic N) is 1. The van der Waals surface area contributed by atoms with Crippen LogP contribution in [0.1, 0.15) is 27.7 Å². The van der Waals surface area contributed by atoms with Gasteiger partial charge < -0.3 is 4.74 Å². The molecule has 0 atom stereocenters. The molecule has 3 N–H and O–H groups in total. The van der Waals surface area contributed by atoms with Gasteiger partial charge in [0.15, 0.2) is 0 Å². The van der Waals surface area contributed by atoms with Crippen LogP contribution in [0.15, 0.2) is 0 Å². The zero-order chi connectivity index (χ0) is 12.3. The average Bonchev–Trinajstić information content (AvgIpc) is 1.99. The molecule has 0 spiro atoms. The summed E-state index contributed by atoms with van der Waals surface area (Å²) in [7, 11) is -4.00. The summed E-state index contributed by atoms with van der Waals surface area (Å²) in [5.41, 5.74) is -0.795. The highest BCUT2D eigenvalue weighted by Crippen LogP contribution is 2.09. The van der Waals surface area contributed by atoms with Gasteiger partial charge in [0.2, 0.25) is 0 Å². The van der Waals surface area contributed by atoms with E-state index >= 15 is 0 Å². The number of nitrogens with two attached hydrogens (primary N) is 1. The van der Waals surface area contributed by atoms with E-state index in [1.807, 2.05) is 0 Å². The van der Waals surface area contributed by atoms with Crippen LogP contribution in [0.3, 0.4) is 0 Å². The third kappa shape index (κ3) is 4.96. The van der Waals surface area contributed by atoms with Crippen molar-refractivity contribution in [1.29, 1.82) is 0 Å². The van der Waals surface area contributed by atoms with Crippen LogP contribution in [-0.4, -0.2) is 31.1 Å². The lowest BCUT2D eigenvalue weighted by Gasteiger charge is -2.23. The number of carbonyl (C=O) groups is 1. The van der Waals surface area contributed by atoms with Gasteiger partial charge in [0, 0.05) is 6.54 Å². The van der Waals surface area contributed by atoms with Gasteiger partial charge in [-0.05, 0) is 20.8 Å². The van der Waals surface area contributed by atoms with E-state index in [2.05, 4.69) is 4.72 Å². The van der Waals surface area contributed by atoms with E-state index in [1.165, 1.54) is 0 Å². The number of rotatable bonds is 3. The molecule has 0 aliphatic rings. The SMILES string of the molecule is CCNS(=O)(=O)N(N)C(=O)OC(C)(C)C. The van der Waals surface area contributed by atoms with Crippen LogP contribution in [0.5, 0.6) is 0 Å². The van der Waals surface area contributed by atoms with E-state index in [1.54, 1.807) is 27.7 Å². The Bertz CT molecular complexity index is 320. The quantitative estimate of drug-likeness (QED) is 0.408. The van der Waals surface area contributed by atoms with Gasteiger partial charge in [0.1, 0.15) is 5.60 Å². The molecule has 0 heterocycles. The van der Waals surface area contributed by atoms with Gasteiger partial charge in [-0.3, -0.25) is 0 Å². The van der Waals surface area contributed by atoms with Crippen LogP contribution in [-0.2, 0) is 14.9 Å². The van der Waals surface area contributed by atoms with E-state index in [0.717, 1.165) is 0 Å². The zero-order valence-electron chi connectivity index (χ0n) is 9.27. The molecule has 8 heteroatoms. The Kier molecular flexibility index (Phi) is 4.50. The van der Waals surface area contributed by atoms with Crippen molar-refractivity contribution in [2.75, 3.05) is 6.54 Å². The summed E-state index contributed by atoms with van der Waals surface area (Å²) in [5.74, 6) is 5.10. The van der Waals surface area contributed by atoms with Crippen LogP contribution in [0, 0.1) is 0 Å². The summed E-state index contributed by atoms with van der Waals surface area (Å²) in [4.78, 5) is 11.2. The molecular formula is C7H17N3O4S. The van der Waals surface area contributed by atoms with Crippen molar-refractivity contribution in [3.8, 4) is 0 Å². The van der Waals surface area contributed by atoms with E-state index < -0.39 is 21.9 Å². The lowest BCUT2D eigenvalue weighted by Crippen LogP contribution is -2.50. The van der Waals surface area contributed by atoms with E-state index in [-0.39, 0.29) is 11.0 Å². The molecule has 1 amide bonds. The Morgan fingerprint density at radius 2 is 1.93 bits per heavy atom. The van der Waals surface area contributed by atoms with Crippen molar-refractivity contribution in [1.82, 2.24) is 9.14 Å². The highest BCUT2D eigenvalue weighted by molar-refractivity contribution is 7.87. The van der Waals surface area contributed by atoms with Crippen molar-refractivity contribution >= 4 is 16.3 Å². The van der Waals surface area contributed by atoms with Crippen molar-refractivity contribution in [2.24, 2.45) is 5.84 Å². The number of carbonyl (C=O) groups excluding carboxylic acids is 1. The zero-order valence-corrected chi connectivity index (χ0v) is 10.1. The highest BCUT2D eigenvalue weighted by atomic mass is 32.2. The monoisotopic (exact) mass is 239 g/mol. The minimum Gasteiger partial charge on any atom is -0.442 e. The second-order valence-corrected chi connectivity index (χ2v) is 5.41. The van der Waals surface area contributed by atoms with Gasteiger partial charge in [-0.1, -0.05) is 6.92 Å². The Hall–Kier alpha value is -0.860. The smallest absolute Gasteiger partial charge is 0.440 e. The predicted molar refractivity (Wildman–Crippen MR) is 54.9 cm³/mol. The number of nitrogens with one attached hydrogen (secondary N) is 1. The highest BCUT2D eigenvalue weighted by Gasteiger charge is 2.28. The van der Waals surface area contributed by atoms with Crippen molar-refractivity contribution in [2.45, 2.75) is 33.3 Å². The van der Waals surface area contributed by atoms with Crippen LogP contribution in [0.25, 0.3) is 0 Å². The van der Waals surface area contributed by atoms with Gasteiger partial charge in [-0.25, -0.2) is 10.6 Å². The van der Waals surface area contributed by atoms with Gasteiger partial charge in [-0.15, -0.1) is 4.41 Å². The maximum atomic E-state index is 11.2. The molecule has 0 rings (SSSR count).